The van der Waals surface area contributed by atoms with E-state index < -0.39 is 0 Å². The molecule has 1 N–H and O–H groups in total. The van der Waals surface area contributed by atoms with Crippen molar-refractivity contribution in [1.29, 1.82) is 0 Å². The molecule has 1 rings (SSSR count). The lowest BCUT2D eigenvalue weighted by atomic mass is 10.1. The van der Waals surface area contributed by atoms with Crippen LogP contribution in [0.5, 0.6) is 0 Å². The van der Waals surface area contributed by atoms with Crippen LogP contribution in [-0.2, 0) is 16.1 Å². The average Bonchev–Trinajstić information content (AvgIpc) is 2.30. The molecule has 0 saturated carbocycles. The number of carbonyl (C=O) groups is 1. The minimum atomic E-state index is -0.244. The standard InChI is InChI=1S/C12H16FNO2/c1-9(12(15)16-2)7-14-8-10-3-5-11(13)6-4-10/h3-6,9,14H,7-8H2,1-2H3. The van der Waals surface area contributed by atoms with Crippen LogP contribution >= 0.6 is 0 Å². The SMILES string of the molecule is COC(=O)C(C)CNCc1ccc(F)cc1. The van der Waals surface area contributed by atoms with E-state index in [0.29, 0.717) is 13.1 Å². The van der Waals surface area contributed by atoms with Gasteiger partial charge in [0.05, 0.1) is 13.0 Å². The predicted octanol–water partition coefficient (Wildman–Crippen LogP) is 1.72. The van der Waals surface area contributed by atoms with Gasteiger partial charge in [0, 0.05) is 13.1 Å². The Bertz CT molecular complexity index is 337. The van der Waals surface area contributed by atoms with E-state index >= 15 is 0 Å². The summed E-state index contributed by atoms with van der Waals surface area (Å²) in [6, 6.07) is 6.26. The molecule has 0 amide bonds. The van der Waals surface area contributed by atoms with Crippen LogP contribution in [0.1, 0.15) is 12.5 Å². The monoisotopic (exact) mass is 225 g/mol. The summed E-state index contributed by atoms with van der Waals surface area (Å²) in [5, 5.41) is 3.11. The van der Waals surface area contributed by atoms with Gasteiger partial charge in [0.25, 0.3) is 0 Å². The van der Waals surface area contributed by atoms with Crippen LogP contribution in [0.25, 0.3) is 0 Å². The highest BCUT2D eigenvalue weighted by Crippen LogP contribution is 2.02. The Morgan fingerprint density at radius 2 is 2.06 bits per heavy atom. The summed E-state index contributed by atoms with van der Waals surface area (Å²) >= 11 is 0. The summed E-state index contributed by atoms with van der Waals surface area (Å²) in [5.41, 5.74) is 0.985. The van der Waals surface area contributed by atoms with Crippen LogP contribution in [0.4, 0.5) is 4.39 Å². The Labute approximate surface area is 94.6 Å². The van der Waals surface area contributed by atoms with Crippen molar-refractivity contribution in [2.24, 2.45) is 5.92 Å². The Morgan fingerprint density at radius 3 is 2.62 bits per heavy atom. The fourth-order valence-electron chi connectivity index (χ4n) is 1.32. The van der Waals surface area contributed by atoms with Gasteiger partial charge in [0.2, 0.25) is 0 Å². The van der Waals surface area contributed by atoms with Crippen molar-refractivity contribution < 1.29 is 13.9 Å². The van der Waals surface area contributed by atoms with Crippen LogP contribution in [0.3, 0.4) is 0 Å². The molecule has 88 valence electrons. The second-order valence-electron chi connectivity index (χ2n) is 3.68. The second kappa shape index (κ2) is 6.23. The van der Waals surface area contributed by atoms with Gasteiger partial charge >= 0.3 is 5.97 Å². The van der Waals surface area contributed by atoms with Gasteiger partial charge in [0.1, 0.15) is 5.82 Å². The molecule has 0 aliphatic carbocycles. The molecule has 0 aromatic heterocycles. The molecule has 0 aliphatic rings. The van der Waals surface area contributed by atoms with Crippen molar-refractivity contribution >= 4 is 5.97 Å². The summed E-state index contributed by atoms with van der Waals surface area (Å²) in [6.07, 6.45) is 0. The number of hydrogen-bond acceptors (Lipinski definition) is 3. The van der Waals surface area contributed by atoms with Crippen LogP contribution < -0.4 is 5.32 Å². The maximum Gasteiger partial charge on any atom is 0.309 e. The largest absolute Gasteiger partial charge is 0.469 e. The minimum absolute atomic E-state index is 0.176. The van der Waals surface area contributed by atoms with Gasteiger partial charge in [-0.3, -0.25) is 4.79 Å². The number of nitrogens with one attached hydrogen (secondary N) is 1. The first kappa shape index (κ1) is 12.6. The Balaban J connectivity index is 2.30. The molecule has 0 heterocycles. The number of rotatable bonds is 5. The van der Waals surface area contributed by atoms with Gasteiger partial charge in [-0.1, -0.05) is 19.1 Å². The van der Waals surface area contributed by atoms with E-state index in [9.17, 15) is 9.18 Å². The van der Waals surface area contributed by atoms with E-state index in [4.69, 9.17) is 0 Å². The van der Waals surface area contributed by atoms with E-state index in [0.717, 1.165) is 5.56 Å². The van der Waals surface area contributed by atoms with Gasteiger partial charge < -0.3 is 10.1 Å². The summed E-state index contributed by atoms with van der Waals surface area (Å²) in [6.45, 7) is 2.95. The van der Waals surface area contributed by atoms with Crippen LogP contribution in [0.15, 0.2) is 24.3 Å². The molecule has 0 fully saturated rings. The number of hydrogen-bond donors (Lipinski definition) is 1. The molecular weight excluding hydrogens is 209 g/mol. The molecule has 3 nitrogen and oxygen atoms in total. The average molecular weight is 225 g/mol. The van der Waals surface area contributed by atoms with Crippen molar-refractivity contribution in [3.8, 4) is 0 Å². The zero-order valence-electron chi connectivity index (χ0n) is 9.50. The quantitative estimate of drug-likeness (QED) is 0.775. The molecule has 1 atom stereocenters. The Morgan fingerprint density at radius 1 is 1.44 bits per heavy atom. The van der Waals surface area contributed by atoms with E-state index in [1.807, 2.05) is 0 Å². The van der Waals surface area contributed by atoms with Crippen molar-refractivity contribution in [3.05, 3.63) is 35.6 Å². The summed E-state index contributed by atoms with van der Waals surface area (Å²) in [4.78, 5) is 11.1. The summed E-state index contributed by atoms with van der Waals surface area (Å²) in [5.74, 6) is -0.649. The van der Waals surface area contributed by atoms with Crippen LogP contribution in [0.2, 0.25) is 0 Å². The first-order valence-electron chi connectivity index (χ1n) is 5.16. The number of carbonyl (C=O) groups excluding carboxylic acids is 1. The third kappa shape index (κ3) is 3.98. The third-order valence-corrected chi connectivity index (χ3v) is 2.30. The number of benzene rings is 1. The van der Waals surface area contributed by atoms with E-state index in [2.05, 4.69) is 10.1 Å². The highest BCUT2D eigenvalue weighted by atomic mass is 19.1. The first-order valence-corrected chi connectivity index (χ1v) is 5.16. The van der Waals surface area contributed by atoms with Gasteiger partial charge in [-0.25, -0.2) is 4.39 Å². The lowest BCUT2D eigenvalue weighted by Crippen LogP contribution is -2.26. The van der Waals surface area contributed by atoms with E-state index in [1.54, 1.807) is 19.1 Å². The molecular formula is C12H16FNO2. The fraction of sp³-hybridized carbons (Fsp3) is 0.417. The maximum absolute atomic E-state index is 12.6. The first-order chi connectivity index (χ1) is 7.63. The molecule has 16 heavy (non-hydrogen) atoms. The molecule has 1 aromatic rings. The second-order valence-corrected chi connectivity index (χ2v) is 3.68. The van der Waals surface area contributed by atoms with Crippen molar-refractivity contribution in [3.63, 3.8) is 0 Å². The van der Waals surface area contributed by atoms with Gasteiger partial charge in [-0.05, 0) is 17.7 Å². The molecule has 0 spiro atoms. The Kier molecular flexibility index (Phi) is 4.92. The fourth-order valence-corrected chi connectivity index (χ4v) is 1.32. The zero-order valence-corrected chi connectivity index (χ0v) is 9.50. The smallest absolute Gasteiger partial charge is 0.309 e. The van der Waals surface area contributed by atoms with Crippen LogP contribution in [0, 0.1) is 11.7 Å². The van der Waals surface area contributed by atoms with Crippen molar-refractivity contribution in [1.82, 2.24) is 5.32 Å². The van der Waals surface area contributed by atoms with Gasteiger partial charge in [0.15, 0.2) is 0 Å². The molecule has 1 unspecified atom stereocenters. The van der Waals surface area contributed by atoms with Crippen molar-refractivity contribution in [2.75, 3.05) is 13.7 Å². The lowest BCUT2D eigenvalue weighted by molar-refractivity contribution is -0.144. The van der Waals surface area contributed by atoms with E-state index in [-0.39, 0.29) is 17.7 Å². The summed E-state index contributed by atoms with van der Waals surface area (Å²) in [7, 11) is 1.37. The van der Waals surface area contributed by atoms with Gasteiger partial charge in [-0.15, -0.1) is 0 Å². The molecule has 0 radical (unpaired) electrons. The number of halogens is 1. The van der Waals surface area contributed by atoms with Crippen molar-refractivity contribution in [2.45, 2.75) is 13.5 Å². The normalized spacial score (nSPS) is 12.2. The van der Waals surface area contributed by atoms with Crippen LogP contribution in [-0.4, -0.2) is 19.6 Å². The predicted molar refractivity (Wildman–Crippen MR) is 59.3 cm³/mol. The number of esters is 1. The summed E-state index contributed by atoms with van der Waals surface area (Å²) < 4.78 is 17.2. The highest BCUT2D eigenvalue weighted by Gasteiger charge is 2.11. The highest BCUT2D eigenvalue weighted by molar-refractivity contribution is 5.71. The lowest BCUT2D eigenvalue weighted by Gasteiger charge is -2.10. The van der Waals surface area contributed by atoms with Gasteiger partial charge in [-0.2, -0.15) is 0 Å². The third-order valence-electron chi connectivity index (χ3n) is 2.30. The molecule has 1 aromatic carbocycles. The number of methoxy groups -OCH3 is 1. The zero-order chi connectivity index (χ0) is 12.0. The maximum atomic E-state index is 12.6. The topological polar surface area (TPSA) is 38.3 Å². The molecule has 0 saturated heterocycles. The number of ether oxygens (including phenoxy) is 1. The minimum Gasteiger partial charge on any atom is -0.469 e. The molecule has 4 heteroatoms. The molecule has 0 aliphatic heterocycles. The molecule has 0 bridgehead atoms. The van der Waals surface area contributed by atoms with E-state index in [1.165, 1.54) is 19.2 Å². The Hall–Kier alpha value is -1.42.